The zero-order chi connectivity index (χ0) is 19.7. The first-order valence-corrected chi connectivity index (χ1v) is 8.25. The third-order valence-electron chi connectivity index (χ3n) is 4.13. The normalized spacial score (nSPS) is 10.6. The maximum Gasteiger partial charge on any atom is 0.254 e. The standard InChI is InChI=1S/C18H15N9O/c1-10-13(7-19)16(25-11-3-5-12(28-2)6-4-11)26-18(24-10)27-17-14(8-23-27)15(20)21-9-22-17/h3-6,8-9H,1-2H3,(H2,20,21,22)(H,24,25,26). The first kappa shape index (κ1) is 17.2. The van der Waals surface area contributed by atoms with Gasteiger partial charge in [0.05, 0.1) is 24.4 Å². The van der Waals surface area contributed by atoms with Crippen molar-refractivity contribution in [2.75, 3.05) is 18.2 Å². The Morgan fingerprint density at radius 2 is 1.96 bits per heavy atom. The maximum absolute atomic E-state index is 9.54. The maximum atomic E-state index is 9.54. The second-order valence-corrected chi connectivity index (χ2v) is 5.85. The highest BCUT2D eigenvalue weighted by Crippen LogP contribution is 2.24. The topological polar surface area (TPSA) is 140 Å². The van der Waals surface area contributed by atoms with Gasteiger partial charge < -0.3 is 15.8 Å². The molecule has 0 aliphatic carbocycles. The Kier molecular flexibility index (Phi) is 4.17. The molecule has 0 spiro atoms. The molecule has 4 rings (SSSR count). The second kappa shape index (κ2) is 6.81. The predicted octanol–water partition coefficient (Wildman–Crippen LogP) is 2.12. The zero-order valence-corrected chi connectivity index (χ0v) is 15.1. The number of nitrogen functional groups attached to an aromatic ring is 1. The average Bonchev–Trinajstić information content (AvgIpc) is 3.14. The summed E-state index contributed by atoms with van der Waals surface area (Å²) < 4.78 is 6.62. The number of rotatable bonds is 4. The molecule has 138 valence electrons. The highest BCUT2D eigenvalue weighted by Gasteiger charge is 2.16. The van der Waals surface area contributed by atoms with Crippen molar-refractivity contribution < 1.29 is 4.74 Å². The molecule has 0 unspecified atom stereocenters. The molecule has 3 aromatic heterocycles. The zero-order valence-electron chi connectivity index (χ0n) is 15.1. The molecule has 0 aliphatic rings. The summed E-state index contributed by atoms with van der Waals surface area (Å²) in [7, 11) is 1.60. The molecule has 3 heterocycles. The molecule has 10 heteroatoms. The molecule has 10 nitrogen and oxygen atoms in total. The van der Waals surface area contributed by atoms with Gasteiger partial charge >= 0.3 is 0 Å². The van der Waals surface area contributed by atoms with Gasteiger partial charge in [-0.25, -0.2) is 15.0 Å². The van der Waals surface area contributed by atoms with Crippen LogP contribution in [0.3, 0.4) is 0 Å². The van der Waals surface area contributed by atoms with Crippen LogP contribution in [0.5, 0.6) is 5.75 Å². The summed E-state index contributed by atoms with van der Waals surface area (Å²) in [5.74, 6) is 1.67. The average molecular weight is 373 g/mol. The SMILES string of the molecule is COc1ccc(Nc2nc(-n3ncc4c(N)ncnc43)nc(C)c2C#N)cc1. The van der Waals surface area contributed by atoms with Crippen LogP contribution in [0, 0.1) is 18.3 Å². The molecular weight excluding hydrogens is 358 g/mol. The van der Waals surface area contributed by atoms with E-state index in [2.05, 4.69) is 36.4 Å². The van der Waals surface area contributed by atoms with Gasteiger partial charge in [-0.05, 0) is 31.2 Å². The first-order chi connectivity index (χ1) is 13.6. The minimum Gasteiger partial charge on any atom is -0.497 e. The van der Waals surface area contributed by atoms with Crippen molar-refractivity contribution in [3.63, 3.8) is 0 Å². The van der Waals surface area contributed by atoms with Gasteiger partial charge in [0.15, 0.2) is 11.5 Å². The number of anilines is 3. The summed E-state index contributed by atoms with van der Waals surface area (Å²) in [6.07, 6.45) is 2.90. The van der Waals surface area contributed by atoms with Gasteiger partial charge in [-0.1, -0.05) is 0 Å². The molecule has 0 saturated carbocycles. The molecule has 0 saturated heterocycles. The Morgan fingerprint density at radius 1 is 1.18 bits per heavy atom. The van der Waals surface area contributed by atoms with Crippen LogP contribution in [0.4, 0.5) is 17.3 Å². The van der Waals surface area contributed by atoms with Gasteiger partial charge in [0, 0.05) is 5.69 Å². The number of benzene rings is 1. The lowest BCUT2D eigenvalue weighted by Gasteiger charge is -2.11. The fourth-order valence-electron chi connectivity index (χ4n) is 2.70. The van der Waals surface area contributed by atoms with Crippen LogP contribution in [-0.2, 0) is 0 Å². The Labute approximate surface area is 159 Å². The van der Waals surface area contributed by atoms with Gasteiger partial charge in [-0.2, -0.15) is 20.0 Å². The van der Waals surface area contributed by atoms with Crippen LogP contribution in [-0.4, -0.2) is 36.8 Å². The largest absolute Gasteiger partial charge is 0.497 e. The lowest BCUT2D eigenvalue weighted by Crippen LogP contribution is -2.10. The van der Waals surface area contributed by atoms with Crippen LogP contribution < -0.4 is 15.8 Å². The molecule has 0 aliphatic heterocycles. The number of nitriles is 1. The van der Waals surface area contributed by atoms with Crippen LogP contribution in [0.1, 0.15) is 11.3 Å². The quantitative estimate of drug-likeness (QED) is 0.550. The third kappa shape index (κ3) is 2.90. The molecule has 4 aromatic rings. The summed E-state index contributed by atoms with van der Waals surface area (Å²) in [5.41, 5.74) is 7.94. The molecule has 0 radical (unpaired) electrons. The van der Waals surface area contributed by atoms with E-state index in [9.17, 15) is 5.26 Å². The summed E-state index contributed by atoms with van der Waals surface area (Å²) >= 11 is 0. The first-order valence-electron chi connectivity index (χ1n) is 8.25. The summed E-state index contributed by atoms with van der Waals surface area (Å²) in [4.78, 5) is 17.1. The van der Waals surface area contributed by atoms with Gasteiger partial charge in [-0.3, -0.25) is 0 Å². The molecule has 0 bridgehead atoms. The number of methoxy groups -OCH3 is 1. The van der Waals surface area contributed by atoms with Gasteiger partial charge in [0.25, 0.3) is 5.95 Å². The Balaban J connectivity index is 1.81. The van der Waals surface area contributed by atoms with E-state index in [1.807, 2.05) is 24.3 Å². The number of aromatic nitrogens is 6. The van der Waals surface area contributed by atoms with E-state index in [0.717, 1.165) is 11.4 Å². The molecule has 28 heavy (non-hydrogen) atoms. The summed E-state index contributed by atoms with van der Waals surface area (Å²) in [6.45, 7) is 1.73. The van der Waals surface area contributed by atoms with Crippen molar-refractivity contribution in [3.8, 4) is 17.8 Å². The number of ether oxygens (including phenoxy) is 1. The van der Waals surface area contributed by atoms with E-state index in [1.54, 1.807) is 20.2 Å². The summed E-state index contributed by atoms with van der Waals surface area (Å²) in [6, 6.07) is 9.41. The fourth-order valence-corrected chi connectivity index (χ4v) is 2.70. The molecular formula is C18H15N9O. The predicted molar refractivity (Wildman–Crippen MR) is 102 cm³/mol. The van der Waals surface area contributed by atoms with Crippen molar-refractivity contribution >= 4 is 28.4 Å². The van der Waals surface area contributed by atoms with Crippen molar-refractivity contribution in [2.45, 2.75) is 6.92 Å². The summed E-state index contributed by atoms with van der Waals surface area (Å²) in [5, 5.41) is 17.6. The molecule has 0 atom stereocenters. The Bertz CT molecular complexity index is 1210. The molecule has 0 amide bonds. The monoisotopic (exact) mass is 373 g/mol. The number of hydrogen-bond donors (Lipinski definition) is 2. The van der Waals surface area contributed by atoms with E-state index in [4.69, 9.17) is 10.5 Å². The minimum absolute atomic E-state index is 0.264. The van der Waals surface area contributed by atoms with E-state index in [0.29, 0.717) is 33.9 Å². The number of nitrogens with zero attached hydrogens (tertiary/aromatic N) is 7. The number of aryl methyl sites for hydroxylation is 1. The molecule has 0 fully saturated rings. The van der Waals surface area contributed by atoms with Crippen molar-refractivity contribution in [1.29, 1.82) is 5.26 Å². The van der Waals surface area contributed by atoms with E-state index in [1.165, 1.54) is 11.0 Å². The Hall–Kier alpha value is -4.26. The number of fused-ring (bicyclic) bond motifs is 1. The van der Waals surface area contributed by atoms with Crippen molar-refractivity contribution in [2.24, 2.45) is 0 Å². The molecule has 1 aromatic carbocycles. The van der Waals surface area contributed by atoms with Crippen molar-refractivity contribution in [1.82, 2.24) is 29.7 Å². The van der Waals surface area contributed by atoms with Crippen molar-refractivity contribution in [3.05, 3.63) is 48.0 Å². The lowest BCUT2D eigenvalue weighted by atomic mass is 10.2. The highest BCUT2D eigenvalue weighted by molar-refractivity contribution is 5.85. The van der Waals surface area contributed by atoms with Gasteiger partial charge in [0.2, 0.25) is 0 Å². The molecule has 3 N–H and O–H groups in total. The van der Waals surface area contributed by atoms with E-state index in [-0.39, 0.29) is 5.95 Å². The number of hydrogen-bond acceptors (Lipinski definition) is 9. The third-order valence-corrected chi connectivity index (χ3v) is 4.13. The lowest BCUT2D eigenvalue weighted by molar-refractivity contribution is 0.415. The minimum atomic E-state index is 0.264. The highest BCUT2D eigenvalue weighted by atomic mass is 16.5. The van der Waals surface area contributed by atoms with Crippen LogP contribution in [0.15, 0.2) is 36.8 Å². The fraction of sp³-hybridized carbons (Fsp3) is 0.111. The van der Waals surface area contributed by atoms with Gasteiger partial charge in [0.1, 0.15) is 29.5 Å². The number of nitrogens with two attached hydrogens (primary N) is 1. The van der Waals surface area contributed by atoms with Gasteiger partial charge in [-0.15, -0.1) is 0 Å². The van der Waals surface area contributed by atoms with E-state index < -0.39 is 0 Å². The van der Waals surface area contributed by atoms with Crippen LogP contribution >= 0.6 is 0 Å². The van der Waals surface area contributed by atoms with Crippen LogP contribution in [0.2, 0.25) is 0 Å². The van der Waals surface area contributed by atoms with Crippen LogP contribution in [0.25, 0.3) is 17.0 Å². The number of nitrogens with one attached hydrogen (secondary N) is 1. The Morgan fingerprint density at radius 3 is 2.68 bits per heavy atom. The smallest absolute Gasteiger partial charge is 0.254 e. The second-order valence-electron chi connectivity index (χ2n) is 5.85. The van der Waals surface area contributed by atoms with E-state index >= 15 is 0 Å².